The highest BCUT2D eigenvalue weighted by Gasteiger charge is 2.26. The Hall–Kier alpha value is -1.60. The first-order valence-corrected chi connectivity index (χ1v) is 4.90. The number of carbonyl (C=O) groups excluding carboxylic acids is 2. The fraction of sp³-hybridized carbons (Fsp3) is 0.556. The largest absolute Gasteiger partial charge is 0.424 e. The lowest BCUT2D eigenvalue weighted by Gasteiger charge is -2.23. The minimum atomic E-state index is -0.952. The van der Waals surface area contributed by atoms with Crippen LogP contribution in [0.1, 0.15) is 19.3 Å². The molecule has 0 saturated carbocycles. The Labute approximate surface area is 94.2 Å². The number of imide groups is 1. The molecule has 1 atom stereocenters. The van der Waals surface area contributed by atoms with Crippen LogP contribution in [0.25, 0.3) is 0 Å². The van der Waals surface area contributed by atoms with Crippen LogP contribution in [0, 0.1) is 0 Å². The van der Waals surface area contributed by atoms with Gasteiger partial charge >= 0.3 is 12.1 Å². The molecule has 7 heteroatoms. The second kappa shape index (κ2) is 7.66. The second-order valence-corrected chi connectivity index (χ2v) is 3.11. The van der Waals surface area contributed by atoms with Crippen molar-refractivity contribution in [1.82, 2.24) is 4.90 Å². The number of primary amides is 1. The minimum Gasteiger partial charge on any atom is -0.418 e. The highest BCUT2D eigenvalue weighted by molar-refractivity contribution is 5.90. The van der Waals surface area contributed by atoms with Gasteiger partial charge in [0.25, 0.3) is 0 Å². The summed E-state index contributed by atoms with van der Waals surface area (Å²) in [6.07, 6.45) is 1.05. The van der Waals surface area contributed by atoms with E-state index in [1.165, 1.54) is 0 Å². The predicted octanol–water partition coefficient (Wildman–Crippen LogP) is 0.0610. The zero-order valence-corrected chi connectivity index (χ0v) is 9.09. The number of ether oxygens (including phenoxy) is 1. The van der Waals surface area contributed by atoms with Crippen LogP contribution in [0.2, 0.25) is 0 Å². The summed E-state index contributed by atoms with van der Waals surface area (Å²) in [5, 5.41) is 0. The van der Waals surface area contributed by atoms with Gasteiger partial charge in [-0.15, -0.1) is 0 Å². The molecule has 0 bridgehead atoms. The van der Waals surface area contributed by atoms with Gasteiger partial charge in [-0.1, -0.05) is 6.58 Å². The summed E-state index contributed by atoms with van der Waals surface area (Å²) in [6, 6.07) is -0.952. The van der Waals surface area contributed by atoms with Gasteiger partial charge in [-0.2, -0.15) is 0 Å². The SMILES string of the molecule is C=COC(=O)N(C(N)=O)C(N)CCCCN. The van der Waals surface area contributed by atoms with Gasteiger partial charge in [0.2, 0.25) is 0 Å². The smallest absolute Gasteiger partial charge is 0.418 e. The Kier molecular flexibility index (Phi) is 6.89. The number of urea groups is 1. The van der Waals surface area contributed by atoms with Gasteiger partial charge in [-0.05, 0) is 25.8 Å². The van der Waals surface area contributed by atoms with Gasteiger partial charge < -0.3 is 21.9 Å². The van der Waals surface area contributed by atoms with Crippen molar-refractivity contribution >= 4 is 12.1 Å². The van der Waals surface area contributed by atoms with Crippen molar-refractivity contribution < 1.29 is 14.3 Å². The molecular formula is C9H18N4O3. The zero-order valence-electron chi connectivity index (χ0n) is 9.09. The van der Waals surface area contributed by atoms with Crippen LogP contribution in [0.4, 0.5) is 9.59 Å². The molecule has 0 aromatic rings. The van der Waals surface area contributed by atoms with Crippen molar-refractivity contribution in [3.8, 4) is 0 Å². The first-order chi connectivity index (χ1) is 7.54. The van der Waals surface area contributed by atoms with E-state index < -0.39 is 18.3 Å². The Morgan fingerprint density at radius 2 is 2.06 bits per heavy atom. The fourth-order valence-electron chi connectivity index (χ4n) is 1.14. The highest BCUT2D eigenvalue weighted by Crippen LogP contribution is 2.06. The van der Waals surface area contributed by atoms with Crippen molar-refractivity contribution in [2.75, 3.05) is 6.54 Å². The van der Waals surface area contributed by atoms with Gasteiger partial charge in [0, 0.05) is 0 Å². The van der Waals surface area contributed by atoms with Crippen LogP contribution >= 0.6 is 0 Å². The van der Waals surface area contributed by atoms with Crippen molar-refractivity contribution in [1.29, 1.82) is 0 Å². The van der Waals surface area contributed by atoms with Gasteiger partial charge in [-0.3, -0.25) is 0 Å². The molecule has 1 unspecified atom stereocenters. The van der Waals surface area contributed by atoms with Gasteiger partial charge in [0.05, 0.1) is 12.4 Å². The molecule has 0 aliphatic heterocycles. The van der Waals surface area contributed by atoms with Crippen molar-refractivity contribution in [2.24, 2.45) is 17.2 Å². The number of amides is 3. The van der Waals surface area contributed by atoms with E-state index in [0.29, 0.717) is 24.3 Å². The van der Waals surface area contributed by atoms with E-state index in [4.69, 9.17) is 17.2 Å². The Morgan fingerprint density at radius 3 is 2.50 bits per heavy atom. The number of rotatable bonds is 6. The monoisotopic (exact) mass is 230 g/mol. The Bertz CT molecular complexity index is 257. The summed E-state index contributed by atoms with van der Waals surface area (Å²) in [5.74, 6) is 0. The summed E-state index contributed by atoms with van der Waals surface area (Å²) in [7, 11) is 0. The molecular weight excluding hydrogens is 212 g/mol. The fourth-order valence-corrected chi connectivity index (χ4v) is 1.14. The summed E-state index contributed by atoms with van der Waals surface area (Å²) < 4.78 is 4.44. The molecule has 0 saturated heterocycles. The van der Waals surface area contributed by atoms with E-state index in [1.54, 1.807) is 0 Å². The normalized spacial score (nSPS) is 11.6. The molecule has 6 N–H and O–H groups in total. The lowest BCUT2D eigenvalue weighted by molar-refractivity contribution is 0.127. The topological polar surface area (TPSA) is 125 Å². The molecule has 0 aromatic carbocycles. The quantitative estimate of drug-likeness (QED) is 0.338. The maximum absolute atomic E-state index is 11.3. The van der Waals surface area contributed by atoms with Gasteiger partial charge in [0.15, 0.2) is 0 Å². The first kappa shape index (κ1) is 14.4. The molecule has 0 aromatic heterocycles. The first-order valence-electron chi connectivity index (χ1n) is 4.90. The number of nitrogens with two attached hydrogens (primary N) is 3. The summed E-state index contributed by atoms with van der Waals surface area (Å²) in [5.41, 5.74) is 16.0. The molecule has 0 rings (SSSR count). The third kappa shape index (κ3) is 4.76. The number of nitrogens with zero attached hydrogens (tertiary/aromatic N) is 1. The van der Waals surface area contributed by atoms with Gasteiger partial charge in [-0.25, -0.2) is 14.5 Å². The van der Waals surface area contributed by atoms with E-state index in [1.807, 2.05) is 0 Å². The molecule has 0 heterocycles. The van der Waals surface area contributed by atoms with Crippen LogP contribution in [0.3, 0.4) is 0 Å². The number of hydrogen-bond acceptors (Lipinski definition) is 5. The molecule has 16 heavy (non-hydrogen) atoms. The average molecular weight is 230 g/mol. The average Bonchev–Trinajstić information content (AvgIpc) is 2.18. The van der Waals surface area contributed by atoms with Crippen LogP contribution in [0.5, 0.6) is 0 Å². The lowest BCUT2D eigenvalue weighted by Crippen LogP contribution is -2.51. The van der Waals surface area contributed by atoms with E-state index >= 15 is 0 Å². The maximum atomic E-state index is 11.3. The summed E-state index contributed by atoms with van der Waals surface area (Å²) in [4.78, 5) is 22.9. The van der Waals surface area contributed by atoms with E-state index in [0.717, 1.165) is 12.7 Å². The standard InChI is InChI=1S/C9H18N4O3/c1-2-16-9(15)13(8(12)14)7(11)5-3-4-6-10/h2,7H,1,3-6,10-11H2,(H2,12,14). The van der Waals surface area contributed by atoms with Crippen molar-refractivity contribution in [2.45, 2.75) is 25.4 Å². The Balaban J connectivity index is 4.34. The number of hydrogen-bond donors (Lipinski definition) is 3. The molecule has 0 aliphatic rings. The maximum Gasteiger partial charge on any atom is 0.424 e. The zero-order chi connectivity index (χ0) is 12.6. The van der Waals surface area contributed by atoms with Crippen LogP contribution < -0.4 is 17.2 Å². The third-order valence-corrected chi connectivity index (χ3v) is 1.90. The molecule has 92 valence electrons. The van der Waals surface area contributed by atoms with Crippen LogP contribution in [-0.2, 0) is 4.74 Å². The molecule has 0 aliphatic carbocycles. The van der Waals surface area contributed by atoms with Crippen LogP contribution in [0.15, 0.2) is 12.8 Å². The predicted molar refractivity (Wildman–Crippen MR) is 59.0 cm³/mol. The molecule has 3 amide bonds. The number of carbonyl (C=O) groups is 2. The molecule has 0 spiro atoms. The Morgan fingerprint density at radius 1 is 1.44 bits per heavy atom. The van der Waals surface area contributed by atoms with Crippen LogP contribution in [-0.4, -0.2) is 29.7 Å². The molecule has 0 fully saturated rings. The van der Waals surface area contributed by atoms with Gasteiger partial charge in [0.1, 0.15) is 0 Å². The summed E-state index contributed by atoms with van der Waals surface area (Å²) in [6.45, 7) is 3.73. The third-order valence-electron chi connectivity index (χ3n) is 1.90. The van der Waals surface area contributed by atoms with E-state index in [2.05, 4.69) is 11.3 Å². The minimum absolute atomic E-state index is 0.423. The van der Waals surface area contributed by atoms with Crippen molar-refractivity contribution in [3.63, 3.8) is 0 Å². The highest BCUT2D eigenvalue weighted by atomic mass is 16.5. The summed E-state index contributed by atoms with van der Waals surface area (Å²) >= 11 is 0. The second-order valence-electron chi connectivity index (χ2n) is 3.11. The number of unbranched alkanes of at least 4 members (excludes halogenated alkanes) is 1. The van der Waals surface area contributed by atoms with E-state index in [-0.39, 0.29) is 0 Å². The molecule has 0 radical (unpaired) electrons. The lowest BCUT2D eigenvalue weighted by atomic mass is 10.2. The molecule has 7 nitrogen and oxygen atoms in total. The van der Waals surface area contributed by atoms with Crippen molar-refractivity contribution in [3.05, 3.63) is 12.8 Å². The van der Waals surface area contributed by atoms with E-state index in [9.17, 15) is 9.59 Å².